The first-order chi connectivity index (χ1) is 9.57. The number of alkyl halides is 3. The van der Waals surface area contributed by atoms with Crippen molar-refractivity contribution in [1.82, 2.24) is 0 Å². The van der Waals surface area contributed by atoms with Crippen molar-refractivity contribution < 1.29 is 32.2 Å². The predicted molar refractivity (Wildman–Crippen MR) is 66.7 cm³/mol. The number of hydrogen-bond donors (Lipinski definition) is 1. The van der Waals surface area contributed by atoms with E-state index >= 15 is 0 Å². The summed E-state index contributed by atoms with van der Waals surface area (Å²) in [4.78, 5) is 11.6. The highest BCUT2D eigenvalue weighted by atomic mass is 19.4. The van der Waals surface area contributed by atoms with Gasteiger partial charge in [-0.05, 0) is 29.7 Å². The molecule has 0 aliphatic rings. The van der Waals surface area contributed by atoms with E-state index in [0.717, 1.165) is 13.2 Å². The summed E-state index contributed by atoms with van der Waals surface area (Å²) in [7, 11) is 1.11. The normalized spacial score (nSPS) is 14.9. The van der Waals surface area contributed by atoms with Gasteiger partial charge in [0.05, 0.1) is 24.7 Å². The van der Waals surface area contributed by atoms with Crippen LogP contribution >= 0.6 is 0 Å². The number of halogens is 4. The van der Waals surface area contributed by atoms with Crippen molar-refractivity contribution in [3.8, 4) is 0 Å². The van der Waals surface area contributed by atoms with Crippen LogP contribution in [0.15, 0.2) is 18.2 Å². The van der Waals surface area contributed by atoms with Crippen LogP contribution in [0.3, 0.4) is 0 Å². The summed E-state index contributed by atoms with van der Waals surface area (Å²) in [6, 6.07) is 1.74. The summed E-state index contributed by atoms with van der Waals surface area (Å²) in [6.45, 7) is 3.21. The highest BCUT2D eigenvalue weighted by Crippen LogP contribution is 2.35. The maximum absolute atomic E-state index is 13.3. The third-order valence-corrected chi connectivity index (χ3v) is 3.12. The molecule has 0 aliphatic carbocycles. The smallest absolute Gasteiger partial charge is 0.416 e. The van der Waals surface area contributed by atoms with Gasteiger partial charge < -0.3 is 9.84 Å². The molecular weight excluding hydrogens is 292 g/mol. The van der Waals surface area contributed by atoms with Gasteiger partial charge in [-0.2, -0.15) is 13.2 Å². The Balaban J connectivity index is 3.25. The highest BCUT2D eigenvalue weighted by Gasteiger charge is 2.35. The Hall–Kier alpha value is -1.63. The van der Waals surface area contributed by atoms with Crippen molar-refractivity contribution in [2.45, 2.75) is 26.1 Å². The van der Waals surface area contributed by atoms with Gasteiger partial charge in [0.25, 0.3) is 0 Å². The molecule has 0 saturated heterocycles. The maximum Gasteiger partial charge on any atom is 0.416 e. The molecule has 0 saturated carbocycles. The van der Waals surface area contributed by atoms with Crippen molar-refractivity contribution in [3.63, 3.8) is 0 Å². The maximum atomic E-state index is 13.3. The van der Waals surface area contributed by atoms with Crippen LogP contribution < -0.4 is 0 Å². The van der Waals surface area contributed by atoms with Gasteiger partial charge in [0, 0.05) is 0 Å². The van der Waals surface area contributed by atoms with Crippen LogP contribution in [0.4, 0.5) is 17.6 Å². The molecule has 0 radical (unpaired) electrons. The van der Waals surface area contributed by atoms with E-state index in [1.165, 1.54) is 0 Å². The number of carbonyl (C=O) groups excluding carboxylic acids is 1. The minimum absolute atomic E-state index is 0.313. The number of hydrogen-bond acceptors (Lipinski definition) is 3. The van der Waals surface area contributed by atoms with Crippen molar-refractivity contribution in [3.05, 3.63) is 35.1 Å². The van der Waals surface area contributed by atoms with Crippen LogP contribution in [0, 0.1) is 17.7 Å². The van der Waals surface area contributed by atoms with E-state index in [2.05, 4.69) is 4.74 Å². The molecule has 0 bridgehead atoms. The quantitative estimate of drug-likeness (QED) is 0.685. The Labute approximate surface area is 119 Å². The number of ether oxygens (including phenoxy) is 1. The van der Waals surface area contributed by atoms with E-state index in [9.17, 15) is 27.5 Å². The molecule has 118 valence electrons. The van der Waals surface area contributed by atoms with Gasteiger partial charge in [-0.25, -0.2) is 4.39 Å². The molecule has 7 heteroatoms. The Kier molecular flexibility index (Phi) is 5.33. The summed E-state index contributed by atoms with van der Waals surface area (Å²) in [5.41, 5.74) is -1.53. The number of aliphatic hydroxyl groups excluding tert-OH is 1. The Morgan fingerprint density at radius 1 is 1.24 bits per heavy atom. The first-order valence-electron chi connectivity index (χ1n) is 6.21. The second-order valence-electron chi connectivity index (χ2n) is 5.01. The van der Waals surface area contributed by atoms with Gasteiger partial charge in [0.15, 0.2) is 0 Å². The molecular formula is C14H16F4O3. The monoisotopic (exact) mass is 308 g/mol. The van der Waals surface area contributed by atoms with E-state index in [1.807, 2.05) is 0 Å². The SMILES string of the molecule is COC(=O)C(C(C)C)C(O)c1cc(F)cc(C(F)(F)F)c1. The minimum atomic E-state index is -4.74. The van der Waals surface area contributed by atoms with E-state index in [-0.39, 0.29) is 5.56 Å². The third kappa shape index (κ3) is 4.17. The summed E-state index contributed by atoms with van der Waals surface area (Å²) in [5, 5.41) is 10.1. The second-order valence-corrected chi connectivity index (χ2v) is 5.01. The molecule has 2 unspecified atom stereocenters. The molecule has 1 aromatic rings. The molecule has 1 rings (SSSR count). The lowest BCUT2D eigenvalue weighted by Crippen LogP contribution is -2.28. The predicted octanol–water partition coefficient (Wildman–Crippen LogP) is 3.32. The molecule has 0 aliphatic heterocycles. The summed E-state index contributed by atoms with van der Waals surface area (Å²) in [6.07, 6.45) is -6.33. The van der Waals surface area contributed by atoms with Crippen LogP contribution in [0.25, 0.3) is 0 Å². The van der Waals surface area contributed by atoms with Gasteiger partial charge in [-0.3, -0.25) is 4.79 Å². The average molecular weight is 308 g/mol. The van der Waals surface area contributed by atoms with Crippen molar-refractivity contribution in [1.29, 1.82) is 0 Å². The van der Waals surface area contributed by atoms with Crippen LogP contribution in [-0.2, 0) is 15.7 Å². The van der Waals surface area contributed by atoms with Crippen LogP contribution in [0.2, 0.25) is 0 Å². The first-order valence-corrected chi connectivity index (χ1v) is 6.21. The zero-order chi connectivity index (χ0) is 16.4. The van der Waals surface area contributed by atoms with Gasteiger partial charge in [0.2, 0.25) is 0 Å². The Morgan fingerprint density at radius 3 is 2.24 bits per heavy atom. The fraction of sp³-hybridized carbons (Fsp3) is 0.500. The first kappa shape index (κ1) is 17.4. The summed E-state index contributed by atoms with van der Waals surface area (Å²) < 4.78 is 55.8. The van der Waals surface area contributed by atoms with Gasteiger partial charge >= 0.3 is 12.1 Å². The fourth-order valence-corrected chi connectivity index (χ4v) is 2.06. The molecule has 3 nitrogen and oxygen atoms in total. The van der Waals surface area contributed by atoms with Crippen molar-refractivity contribution in [2.75, 3.05) is 7.11 Å². The van der Waals surface area contributed by atoms with Crippen molar-refractivity contribution in [2.24, 2.45) is 11.8 Å². The highest BCUT2D eigenvalue weighted by molar-refractivity contribution is 5.73. The lowest BCUT2D eigenvalue weighted by Gasteiger charge is -2.24. The fourth-order valence-electron chi connectivity index (χ4n) is 2.06. The van der Waals surface area contributed by atoms with Crippen LogP contribution in [0.5, 0.6) is 0 Å². The van der Waals surface area contributed by atoms with E-state index in [4.69, 9.17) is 0 Å². The van der Waals surface area contributed by atoms with Gasteiger partial charge in [-0.15, -0.1) is 0 Å². The minimum Gasteiger partial charge on any atom is -0.469 e. The number of aliphatic hydroxyl groups is 1. The van der Waals surface area contributed by atoms with E-state index < -0.39 is 41.5 Å². The standard InChI is InChI=1S/C14H16F4O3/c1-7(2)11(13(20)21-3)12(19)8-4-9(14(16,17)18)6-10(15)5-8/h4-7,11-12,19H,1-3H3. The lowest BCUT2D eigenvalue weighted by atomic mass is 9.86. The molecule has 0 amide bonds. The zero-order valence-electron chi connectivity index (χ0n) is 11.7. The largest absolute Gasteiger partial charge is 0.469 e. The molecule has 1 N–H and O–H groups in total. The molecule has 0 spiro atoms. The molecule has 1 aromatic carbocycles. The number of benzene rings is 1. The summed E-state index contributed by atoms with van der Waals surface area (Å²) in [5.74, 6) is -3.38. The lowest BCUT2D eigenvalue weighted by molar-refractivity contribution is -0.152. The molecule has 2 atom stereocenters. The Bertz CT molecular complexity index is 511. The van der Waals surface area contributed by atoms with Gasteiger partial charge in [0.1, 0.15) is 5.82 Å². The van der Waals surface area contributed by atoms with Crippen LogP contribution in [0.1, 0.15) is 31.1 Å². The zero-order valence-corrected chi connectivity index (χ0v) is 11.7. The third-order valence-electron chi connectivity index (χ3n) is 3.12. The van der Waals surface area contributed by atoms with Crippen molar-refractivity contribution >= 4 is 5.97 Å². The van der Waals surface area contributed by atoms with Gasteiger partial charge in [-0.1, -0.05) is 13.8 Å². The molecule has 0 fully saturated rings. The topological polar surface area (TPSA) is 46.5 Å². The molecule has 0 heterocycles. The molecule has 0 aromatic heterocycles. The Morgan fingerprint density at radius 2 is 1.81 bits per heavy atom. The number of rotatable bonds is 4. The van der Waals surface area contributed by atoms with E-state index in [1.54, 1.807) is 13.8 Å². The van der Waals surface area contributed by atoms with Crippen LogP contribution in [-0.4, -0.2) is 18.2 Å². The van der Waals surface area contributed by atoms with E-state index in [0.29, 0.717) is 12.1 Å². The molecule has 21 heavy (non-hydrogen) atoms. The number of esters is 1. The summed E-state index contributed by atoms with van der Waals surface area (Å²) >= 11 is 0. The number of methoxy groups -OCH3 is 1. The second kappa shape index (κ2) is 6.43. The average Bonchev–Trinajstić information content (AvgIpc) is 2.36. The number of carbonyl (C=O) groups is 1.